The molecule has 148 valence electrons. The van der Waals surface area contributed by atoms with Gasteiger partial charge in [0, 0.05) is 11.1 Å². The summed E-state index contributed by atoms with van der Waals surface area (Å²) in [6, 6.07) is 7.50. The van der Waals surface area contributed by atoms with Gasteiger partial charge in [-0.2, -0.15) is 12.7 Å². The second kappa shape index (κ2) is 8.39. The summed E-state index contributed by atoms with van der Waals surface area (Å²) in [6.07, 6.45) is 0.158. The Morgan fingerprint density at radius 2 is 1.64 bits per heavy atom. The summed E-state index contributed by atoms with van der Waals surface area (Å²) in [4.78, 5) is 1.01. The van der Waals surface area contributed by atoms with E-state index in [1.807, 2.05) is 0 Å². The first kappa shape index (κ1) is 21.4. The molecular weight excluding hydrogens is 400 g/mol. The molecule has 0 heterocycles. The zero-order valence-corrected chi connectivity index (χ0v) is 15.5. The fraction of sp³-hybridized carbons (Fsp3) is 0.222. The van der Waals surface area contributed by atoms with Crippen molar-refractivity contribution in [3.05, 3.63) is 76.1 Å². The summed E-state index contributed by atoms with van der Waals surface area (Å²) >= 11 is 0. The van der Waals surface area contributed by atoms with Crippen molar-refractivity contribution in [1.82, 2.24) is 0 Å². The monoisotopic (exact) mass is 414 g/mol. The van der Waals surface area contributed by atoms with Crippen molar-refractivity contribution in [2.75, 3.05) is 0 Å². The quantitative estimate of drug-likeness (QED) is 0.171. The number of oxime groups is 1. The number of hydrogen-bond donors (Lipinski definition) is 0. The fourth-order valence-electron chi connectivity index (χ4n) is 2.33. The van der Waals surface area contributed by atoms with E-state index in [9.17, 15) is 26.0 Å². The summed E-state index contributed by atoms with van der Waals surface area (Å²) in [7, 11) is -5.39. The van der Waals surface area contributed by atoms with Crippen molar-refractivity contribution in [3.63, 3.8) is 0 Å². The lowest BCUT2D eigenvalue weighted by Crippen LogP contribution is -2.16. The molecule has 0 aromatic heterocycles. The van der Waals surface area contributed by atoms with E-state index in [1.54, 1.807) is 6.07 Å². The van der Waals surface area contributed by atoms with Crippen molar-refractivity contribution < 1.29 is 30.3 Å². The van der Waals surface area contributed by atoms with E-state index >= 15 is 0 Å². The van der Waals surface area contributed by atoms with Gasteiger partial charge < -0.3 is 4.85 Å². The number of amidine groups is 1. The number of nitrogens with zero attached hydrogens (tertiary/aromatic N) is 2. The number of rotatable bonds is 6. The molecule has 0 N–H and O–H groups in total. The maximum absolute atomic E-state index is 14.3. The highest BCUT2D eigenvalue weighted by molar-refractivity contribution is 7.86. The summed E-state index contributed by atoms with van der Waals surface area (Å²) in [6.45, 7) is 9.88. The Morgan fingerprint density at radius 1 is 1.11 bits per heavy atom. The third-order valence-corrected chi connectivity index (χ3v) is 5.10. The molecule has 1 atom stereocenters. The molecule has 0 aliphatic heterocycles. The van der Waals surface area contributed by atoms with Crippen molar-refractivity contribution >= 4 is 16.0 Å². The Labute approximate surface area is 159 Å². The SMILES string of the molecule is [C-]#[N+]C(=NOS(=O)(=O)c1c(F)c(F)c(C(C)CC)c(F)c1F)c1ccccc1. The minimum atomic E-state index is -5.39. The minimum absolute atomic E-state index is 0.158. The van der Waals surface area contributed by atoms with Gasteiger partial charge in [0.2, 0.25) is 0 Å². The summed E-state index contributed by atoms with van der Waals surface area (Å²) < 4.78 is 85.4. The van der Waals surface area contributed by atoms with Crippen LogP contribution in [0.25, 0.3) is 4.85 Å². The third-order valence-electron chi connectivity index (χ3n) is 3.97. The molecule has 28 heavy (non-hydrogen) atoms. The molecule has 10 heteroatoms. The van der Waals surface area contributed by atoms with Crippen LogP contribution in [0, 0.1) is 29.8 Å². The minimum Gasteiger partial charge on any atom is -0.357 e. The molecule has 2 aromatic carbocycles. The molecule has 0 aliphatic rings. The van der Waals surface area contributed by atoms with Gasteiger partial charge in [-0.3, -0.25) is 0 Å². The topological polar surface area (TPSA) is 60.1 Å². The molecule has 0 aliphatic carbocycles. The zero-order chi connectivity index (χ0) is 21.1. The molecule has 0 saturated carbocycles. The van der Waals surface area contributed by atoms with Gasteiger partial charge in [-0.05, 0) is 12.3 Å². The maximum atomic E-state index is 14.3. The highest BCUT2D eigenvalue weighted by Crippen LogP contribution is 2.33. The van der Waals surface area contributed by atoms with E-state index in [0.717, 1.165) is 0 Å². The Morgan fingerprint density at radius 3 is 2.11 bits per heavy atom. The predicted octanol–water partition coefficient (Wildman–Crippen LogP) is 4.74. The van der Waals surface area contributed by atoms with E-state index < -0.39 is 55.6 Å². The first-order valence-electron chi connectivity index (χ1n) is 7.96. The molecule has 0 fully saturated rings. The Kier molecular flexibility index (Phi) is 6.41. The number of hydrogen-bond acceptors (Lipinski definition) is 4. The van der Waals surface area contributed by atoms with Crippen LogP contribution in [0.4, 0.5) is 17.6 Å². The zero-order valence-electron chi connectivity index (χ0n) is 14.7. The molecule has 2 rings (SSSR count). The lowest BCUT2D eigenvalue weighted by atomic mass is 9.97. The Hall–Kier alpha value is -2.93. The smallest absolute Gasteiger partial charge is 0.357 e. The van der Waals surface area contributed by atoms with Crippen molar-refractivity contribution in [1.29, 1.82) is 0 Å². The average Bonchev–Trinajstić information content (AvgIpc) is 2.67. The normalized spacial score (nSPS) is 13.1. The molecule has 0 spiro atoms. The lowest BCUT2D eigenvalue weighted by Gasteiger charge is -2.14. The van der Waals surface area contributed by atoms with Crippen LogP contribution in [-0.2, 0) is 14.4 Å². The van der Waals surface area contributed by atoms with Gasteiger partial charge in [0.05, 0.1) is 5.16 Å². The fourth-order valence-corrected chi connectivity index (χ4v) is 3.19. The van der Waals surface area contributed by atoms with Gasteiger partial charge in [-0.15, -0.1) is 0 Å². The molecule has 1 unspecified atom stereocenters. The van der Waals surface area contributed by atoms with Crippen LogP contribution in [0.15, 0.2) is 40.4 Å². The second-order valence-electron chi connectivity index (χ2n) is 5.73. The van der Waals surface area contributed by atoms with Crippen molar-refractivity contribution in [2.45, 2.75) is 31.1 Å². The molecule has 0 radical (unpaired) electrons. The highest BCUT2D eigenvalue weighted by atomic mass is 32.2. The summed E-state index contributed by atoms with van der Waals surface area (Å²) in [5.74, 6) is -9.32. The van der Waals surface area contributed by atoms with E-state index in [4.69, 9.17) is 6.57 Å². The summed E-state index contributed by atoms with van der Waals surface area (Å²) in [5.41, 5.74) is -0.732. The van der Waals surface area contributed by atoms with Crippen molar-refractivity contribution in [3.8, 4) is 0 Å². The second-order valence-corrected chi connectivity index (χ2v) is 7.19. The number of benzene rings is 2. The van der Waals surface area contributed by atoms with Crippen LogP contribution in [0.2, 0.25) is 0 Å². The molecule has 2 aromatic rings. The maximum Gasteiger partial charge on any atom is 0.384 e. The molecule has 0 bridgehead atoms. The molecule has 5 nitrogen and oxygen atoms in total. The lowest BCUT2D eigenvalue weighted by molar-refractivity contribution is 0.325. The Bertz CT molecular complexity index is 1040. The molecule has 0 amide bonds. The van der Waals surface area contributed by atoms with Crippen LogP contribution >= 0.6 is 0 Å². The highest BCUT2D eigenvalue weighted by Gasteiger charge is 2.36. The van der Waals surface area contributed by atoms with Crippen LogP contribution in [0.3, 0.4) is 0 Å². The van der Waals surface area contributed by atoms with E-state index in [-0.39, 0.29) is 12.0 Å². The third kappa shape index (κ3) is 3.99. The van der Waals surface area contributed by atoms with Crippen molar-refractivity contribution in [2.24, 2.45) is 5.16 Å². The predicted molar refractivity (Wildman–Crippen MR) is 92.8 cm³/mol. The van der Waals surface area contributed by atoms with Crippen LogP contribution < -0.4 is 0 Å². The van der Waals surface area contributed by atoms with E-state index in [2.05, 4.69) is 14.3 Å². The van der Waals surface area contributed by atoms with Crippen LogP contribution in [0.1, 0.15) is 37.3 Å². The van der Waals surface area contributed by atoms with E-state index in [0.29, 0.717) is 0 Å². The van der Waals surface area contributed by atoms with Gasteiger partial charge in [-0.25, -0.2) is 17.6 Å². The largest absolute Gasteiger partial charge is 0.384 e. The Balaban J connectivity index is 2.55. The van der Waals surface area contributed by atoms with Crippen LogP contribution in [0.5, 0.6) is 0 Å². The van der Waals surface area contributed by atoms with Crippen LogP contribution in [-0.4, -0.2) is 14.3 Å². The summed E-state index contributed by atoms with van der Waals surface area (Å²) in [5, 5.41) is 3.07. The van der Waals surface area contributed by atoms with Gasteiger partial charge in [-0.1, -0.05) is 50.8 Å². The number of halogens is 4. The molecular formula is C18H14F4N2O3S. The first-order valence-corrected chi connectivity index (χ1v) is 9.36. The molecule has 0 saturated heterocycles. The van der Waals surface area contributed by atoms with Gasteiger partial charge in [0.15, 0.2) is 28.2 Å². The standard InChI is InChI=1S/C18H14F4N2O3S/c1-4-10(2)12-13(19)15(21)17(16(22)14(12)20)28(25,26)27-24-18(23-3)11-8-6-5-7-9-11/h5-10H,4H2,1-2H3. The van der Waals surface area contributed by atoms with Gasteiger partial charge in [0.25, 0.3) is 0 Å². The first-order chi connectivity index (χ1) is 13.2. The van der Waals surface area contributed by atoms with E-state index in [1.165, 1.54) is 38.1 Å². The average molecular weight is 414 g/mol. The van der Waals surface area contributed by atoms with Gasteiger partial charge in [0.1, 0.15) is 0 Å². The van der Waals surface area contributed by atoms with Gasteiger partial charge >= 0.3 is 16.0 Å².